The van der Waals surface area contributed by atoms with Crippen LogP contribution in [0, 0.1) is 29.1 Å². The Morgan fingerprint density at radius 3 is 1.29 bits per heavy atom. The molecule has 654 valence electrons. The second kappa shape index (κ2) is 73.2. The number of ketones is 3. The topological polar surface area (TPSA) is 166 Å². The molecule has 0 saturated heterocycles. The molecule has 0 amide bonds. The lowest BCUT2D eigenvalue weighted by molar-refractivity contribution is -0.126. The fraction of sp³-hybridized carbons (Fsp3) is 0.423. The number of ether oxygens (including phenoxy) is 4. The molecule has 1 aliphatic heterocycles. The number of carboxylic acid groups (broad SMARTS) is 1. The number of phenolic OH excluding ortho intramolecular Hbond substituents is 2. The molecular formula is C97H132Br2Cl2F5O11P. The highest BCUT2D eigenvalue weighted by Gasteiger charge is 2.38. The van der Waals surface area contributed by atoms with E-state index in [2.05, 4.69) is 142 Å². The smallest absolute Gasteiger partial charge is 0.290 e. The van der Waals surface area contributed by atoms with Crippen LogP contribution in [-0.4, -0.2) is 80.6 Å². The number of halogens is 9. The lowest BCUT2D eigenvalue weighted by atomic mass is 9.88. The Morgan fingerprint density at radius 1 is 0.525 bits per heavy atom. The molecule has 0 saturated carbocycles. The summed E-state index contributed by atoms with van der Waals surface area (Å²) >= 11 is 13.3. The van der Waals surface area contributed by atoms with E-state index >= 15 is 0 Å². The molecule has 3 unspecified atom stereocenters. The molecule has 21 heteroatoms. The van der Waals surface area contributed by atoms with Gasteiger partial charge < -0.3 is 51.2 Å². The van der Waals surface area contributed by atoms with Crippen LogP contribution in [0.25, 0.3) is 0 Å². The van der Waals surface area contributed by atoms with Gasteiger partial charge in [-0.3, -0.25) is 19.2 Å². The molecule has 0 bridgehead atoms. The molecule has 8 aromatic carbocycles. The van der Waals surface area contributed by atoms with Crippen molar-refractivity contribution in [3.63, 3.8) is 0 Å². The zero-order chi connectivity index (χ0) is 88.2. The van der Waals surface area contributed by atoms with Crippen molar-refractivity contribution in [2.75, 3.05) is 13.8 Å². The molecule has 0 aromatic heterocycles. The van der Waals surface area contributed by atoms with E-state index in [1.54, 1.807) is 24.3 Å². The first-order chi connectivity index (χ1) is 56.1. The number of fused-ring (bicyclic) bond motifs is 1. The third-order valence-corrected chi connectivity index (χ3v) is 20.9. The van der Waals surface area contributed by atoms with E-state index in [0.717, 1.165) is 132 Å². The van der Waals surface area contributed by atoms with Gasteiger partial charge in [0.25, 0.3) is 6.47 Å². The average Bonchev–Trinajstić information content (AvgIpc) is 1.64. The van der Waals surface area contributed by atoms with Crippen molar-refractivity contribution < 1.29 is 92.4 Å². The fourth-order valence-corrected chi connectivity index (χ4v) is 13.2. The van der Waals surface area contributed by atoms with Crippen LogP contribution in [0.1, 0.15) is 223 Å². The normalized spacial score (nSPS) is 11.6. The minimum Gasteiger partial charge on any atom is -1.00 e. The quantitative estimate of drug-likeness (QED) is 0.0121. The van der Waals surface area contributed by atoms with Gasteiger partial charge in [-0.05, 0) is 223 Å². The van der Waals surface area contributed by atoms with Gasteiger partial charge in [0.1, 0.15) is 81.1 Å². The maximum absolute atomic E-state index is 13.1. The Morgan fingerprint density at radius 2 is 0.907 bits per heavy atom. The molecular weight excluding hydrogens is 1700 g/mol. The highest BCUT2D eigenvalue weighted by molar-refractivity contribution is 9.10. The Bertz CT molecular complexity index is 3680. The van der Waals surface area contributed by atoms with Crippen LogP contribution in [0.5, 0.6) is 28.7 Å². The van der Waals surface area contributed by atoms with Crippen molar-refractivity contribution in [2.24, 2.45) is 0 Å². The number of methoxy groups -OCH3 is 1. The molecule has 0 fully saturated rings. The summed E-state index contributed by atoms with van der Waals surface area (Å²) < 4.78 is 85.1. The van der Waals surface area contributed by atoms with Crippen molar-refractivity contribution in [1.29, 1.82) is 0 Å². The molecule has 3 atom stereocenters. The molecule has 8 aromatic rings. The van der Waals surface area contributed by atoms with E-state index in [9.17, 15) is 41.4 Å². The molecule has 118 heavy (non-hydrogen) atoms. The Balaban J connectivity index is -0.00000126. The van der Waals surface area contributed by atoms with Gasteiger partial charge in [0, 0.05) is 50.3 Å². The van der Waals surface area contributed by atoms with Crippen LogP contribution < -0.4 is 41.8 Å². The average molecular weight is 1830 g/mol. The van der Waals surface area contributed by atoms with Gasteiger partial charge >= 0.3 is 0 Å². The number of phenols is 2. The molecule has 1 aliphatic rings. The van der Waals surface area contributed by atoms with Crippen molar-refractivity contribution in [1.82, 2.24) is 0 Å². The Labute approximate surface area is 733 Å². The summed E-state index contributed by atoms with van der Waals surface area (Å²) in [6, 6.07) is 59.3. The second-order valence-corrected chi connectivity index (χ2v) is 31.5. The van der Waals surface area contributed by atoms with Gasteiger partial charge in [-0.25, -0.2) is 22.0 Å². The molecule has 0 radical (unpaired) electrons. The third-order valence-electron chi connectivity index (χ3n) is 17.0. The number of alkyl halides is 3. The Kier molecular flexibility index (Phi) is 71.0. The highest BCUT2D eigenvalue weighted by atomic mass is 79.9. The van der Waals surface area contributed by atoms with Crippen molar-refractivity contribution >= 4 is 81.5 Å². The summed E-state index contributed by atoms with van der Waals surface area (Å²) in [5.41, 5.74) is 4.01. The van der Waals surface area contributed by atoms with Crippen LogP contribution in [-0.2, 0) is 36.8 Å². The number of hydrogen-bond acceptors (Lipinski definition) is 10. The van der Waals surface area contributed by atoms with Crippen LogP contribution >= 0.6 is 47.1 Å². The zero-order valence-corrected chi connectivity index (χ0v) is 77.6. The highest BCUT2D eigenvalue weighted by Crippen LogP contribution is 2.41. The van der Waals surface area contributed by atoms with E-state index < -0.39 is 19.0 Å². The Hall–Kier alpha value is -7.70. The standard InChI is InChI=1S/3C14H19FO.C13H17FO2.C13H13P.C7H13BrO.C7H14O.C6H5FO.C6H6.C2H4Cl2O.CH2O2.BrH/c1-3-7-14(8-4-2)10-11-9-12(15)5-6-13(11)16-14;1-4-6-11(3)14(5-2)16-13-9-7-12(15)8-10-13;1-3-5-11(6-4-2)9-12-10-13(15)7-8-14(12)16;1-3-5-12(15)13(4-2)16-11-8-6-10(14)7-9-11;1-14(12-8-4-2-5-9-12)13-10-6-3-7-11-13;1-3-5-7(9)6(8)4-2;1-3-5-7(8)6-4-2;7-5-1-3-6(8)4-2-5;1-2-4-6-5-3-1;1-5-2(3)4;2-1-3;/h5-6,9H,3-4,7-8,10H2,1-2H3;7-10,14H,3-6H2,1-2H3;5,7-8,10,16H,3-4,6,9H2,1-2H3;6-9,13H,3-5H2,1-2H3;2-11H,1H3;6H,3-5H2,1-2H3;3-6H2,1-2H3;1-4,8H;1-6H;2H,1H3;1H,(H,2,3);1H/b;;11-5+;;;;;;;;;. The summed E-state index contributed by atoms with van der Waals surface area (Å²) in [5, 5.41) is 27.4. The first-order valence-electron chi connectivity index (χ1n) is 40.7. The largest absolute Gasteiger partial charge is 1.00 e. The fourth-order valence-electron chi connectivity index (χ4n) is 11.3. The number of allylic oxidation sites excluding steroid dienone is 2. The van der Waals surface area contributed by atoms with Crippen molar-refractivity contribution in [3.8, 4) is 28.7 Å². The molecule has 0 spiro atoms. The molecule has 9 rings (SSSR count). The summed E-state index contributed by atoms with van der Waals surface area (Å²) in [7, 11) is 0.890. The molecule has 3 N–H and O–H groups in total. The van der Waals surface area contributed by atoms with Crippen LogP contribution in [0.3, 0.4) is 0 Å². The maximum atomic E-state index is 13.1. The lowest BCUT2D eigenvalue weighted by Crippen LogP contribution is -3.00. The minimum atomic E-state index is -0.671. The summed E-state index contributed by atoms with van der Waals surface area (Å²) in [5.74, 6) is 1.91. The van der Waals surface area contributed by atoms with Crippen LogP contribution in [0.2, 0.25) is 0 Å². The summed E-state index contributed by atoms with van der Waals surface area (Å²) in [4.78, 5) is 41.7. The van der Waals surface area contributed by atoms with Crippen LogP contribution in [0.15, 0.2) is 230 Å². The number of aromatic hydroxyl groups is 2. The lowest BCUT2D eigenvalue weighted by Gasteiger charge is -2.28. The van der Waals surface area contributed by atoms with E-state index in [-0.39, 0.29) is 86.4 Å². The SMILES string of the molecule is C=C(CCC)C(CC)Oc1ccc(F)cc1.CC/C=C(\CCC)Cc1cc(F)ccc1O.CCCC(=O)C(Br)CC.CCCC(=O)C(CC)Oc1ccc(F)cc1.CCCC(=O)CCC.CCCC1(CCC)Cc2cc(F)ccc2O1.COC(Cl)Cl.C[PH+](c1ccccc1)c1ccccc1.O=CO.Oc1ccc(F)cc1.[Br-].c1ccccc1. The number of rotatable bonds is 32. The van der Waals surface area contributed by atoms with Gasteiger partial charge in [0.2, 0.25) is 5.02 Å². The van der Waals surface area contributed by atoms with Crippen molar-refractivity contribution in [2.45, 2.75) is 252 Å². The van der Waals surface area contributed by atoms with Crippen molar-refractivity contribution in [3.05, 3.63) is 270 Å². The number of carbonyl (C=O) groups excluding carboxylic acids is 3. The molecule has 11 nitrogen and oxygen atoms in total. The van der Waals surface area contributed by atoms with E-state index in [1.807, 2.05) is 77.9 Å². The van der Waals surface area contributed by atoms with Gasteiger partial charge in [-0.1, -0.05) is 239 Å². The predicted molar refractivity (Wildman–Crippen MR) is 484 cm³/mol. The number of hydrogen-bond donors (Lipinski definition) is 3. The summed E-state index contributed by atoms with van der Waals surface area (Å²) in [6.07, 6.45) is 21.7. The number of benzene rings is 8. The zero-order valence-electron chi connectivity index (χ0n) is 71.9. The number of carbonyl (C=O) groups is 4. The van der Waals surface area contributed by atoms with Gasteiger partial charge in [0.15, 0.2) is 11.9 Å². The third kappa shape index (κ3) is 55.9. The summed E-state index contributed by atoms with van der Waals surface area (Å²) in [6.45, 7) is 30.8. The van der Waals surface area contributed by atoms with Gasteiger partial charge in [-0.15, -0.1) is 0 Å². The first-order valence-corrected chi connectivity index (χ1v) is 44.5. The monoisotopic (exact) mass is 1830 g/mol. The first kappa shape index (κ1) is 114. The molecule has 1 heterocycles. The second-order valence-electron chi connectivity index (χ2n) is 27.0. The predicted octanol–water partition coefficient (Wildman–Crippen LogP) is 24.5. The van der Waals surface area contributed by atoms with E-state index in [4.69, 9.17) is 52.4 Å². The van der Waals surface area contributed by atoms with E-state index in [1.165, 1.54) is 108 Å². The maximum Gasteiger partial charge on any atom is 0.290 e. The molecule has 0 aliphatic carbocycles. The minimum absolute atomic E-state index is 0. The van der Waals surface area contributed by atoms with Gasteiger partial charge in [-0.2, -0.15) is 0 Å². The van der Waals surface area contributed by atoms with E-state index in [0.29, 0.717) is 54.3 Å². The number of Topliss-reactive ketones (excluding diaryl/α,β-unsaturated/α-hetero) is 3. The van der Waals surface area contributed by atoms with Crippen LogP contribution in [0.4, 0.5) is 22.0 Å². The van der Waals surface area contributed by atoms with Gasteiger partial charge in [0.05, 0.1) is 30.0 Å².